The highest BCUT2D eigenvalue weighted by atomic mass is 16.5. The van der Waals surface area contributed by atoms with Gasteiger partial charge in [-0.1, -0.05) is 25.1 Å². The minimum atomic E-state index is -0.223. The van der Waals surface area contributed by atoms with Gasteiger partial charge in [-0.15, -0.1) is 0 Å². The van der Waals surface area contributed by atoms with Crippen LogP contribution in [0.3, 0.4) is 0 Å². The molecule has 0 heterocycles. The van der Waals surface area contributed by atoms with Crippen molar-refractivity contribution in [2.24, 2.45) is 17.8 Å². The fourth-order valence-corrected chi connectivity index (χ4v) is 4.84. The number of rotatable bonds is 6. The van der Waals surface area contributed by atoms with Crippen molar-refractivity contribution in [2.45, 2.75) is 77.7 Å². The highest BCUT2D eigenvalue weighted by Crippen LogP contribution is 2.40. The molecule has 0 N–H and O–H groups in total. The van der Waals surface area contributed by atoms with Gasteiger partial charge in [0, 0.05) is 6.08 Å². The number of benzene rings is 1. The number of esters is 2. The molecule has 0 spiro atoms. The largest absolute Gasteiger partial charge is 0.459 e. The number of ether oxygens (including phenoxy) is 2. The van der Waals surface area contributed by atoms with Gasteiger partial charge in [-0.2, -0.15) is 0 Å². The Kier molecular flexibility index (Phi) is 7.91. The van der Waals surface area contributed by atoms with Gasteiger partial charge in [0.1, 0.15) is 11.9 Å². The van der Waals surface area contributed by atoms with Crippen LogP contribution < -0.4 is 4.74 Å². The molecule has 0 bridgehead atoms. The Bertz CT molecular complexity index is 690. The van der Waals surface area contributed by atoms with Gasteiger partial charge in [0.25, 0.3) is 0 Å². The molecule has 2 fully saturated rings. The molecule has 1 aromatic rings. The molecule has 1 aromatic carbocycles. The minimum absolute atomic E-state index is 0.0234. The molecule has 0 aromatic heterocycles. The van der Waals surface area contributed by atoms with Crippen LogP contribution in [0, 0.1) is 17.8 Å². The van der Waals surface area contributed by atoms with Crippen molar-refractivity contribution < 1.29 is 19.1 Å². The van der Waals surface area contributed by atoms with E-state index in [0.717, 1.165) is 57.8 Å². The summed E-state index contributed by atoms with van der Waals surface area (Å²) in [6, 6.07) is 7.82. The topological polar surface area (TPSA) is 52.6 Å². The van der Waals surface area contributed by atoms with Crippen LogP contribution >= 0.6 is 0 Å². The van der Waals surface area contributed by atoms with Gasteiger partial charge in [0.2, 0.25) is 0 Å². The zero-order valence-corrected chi connectivity index (χ0v) is 17.8. The number of carbonyl (C=O) groups excluding carboxylic acids is 2. The molecule has 0 radical (unpaired) electrons. The summed E-state index contributed by atoms with van der Waals surface area (Å²) in [6.07, 6.45) is 12.5. The fourth-order valence-electron chi connectivity index (χ4n) is 4.84. The molecule has 4 heteroatoms. The van der Waals surface area contributed by atoms with E-state index in [4.69, 9.17) is 9.47 Å². The summed E-state index contributed by atoms with van der Waals surface area (Å²) in [5.74, 6) is 1.77. The lowest BCUT2D eigenvalue weighted by Gasteiger charge is -2.37. The van der Waals surface area contributed by atoms with Gasteiger partial charge < -0.3 is 9.47 Å². The van der Waals surface area contributed by atoms with Gasteiger partial charge in [-0.25, -0.2) is 4.79 Å². The van der Waals surface area contributed by atoms with Gasteiger partial charge in [0.15, 0.2) is 0 Å². The van der Waals surface area contributed by atoms with Crippen LogP contribution in [0.1, 0.15) is 70.8 Å². The van der Waals surface area contributed by atoms with E-state index in [0.29, 0.717) is 17.6 Å². The molecule has 0 amide bonds. The predicted octanol–water partition coefficient (Wildman–Crippen LogP) is 5.64. The maximum Gasteiger partial charge on any atom is 0.330 e. The van der Waals surface area contributed by atoms with Crippen LogP contribution in [0.5, 0.6) is 5.75 Å². The lowest BCUT2D eigenvalue weighted by atomic mass is 9.70. The summed E-state index contributed by atoms with van der Waals surface area (Å²) >= 11 is 0. The van der Waals surface area contributed by atoms with E-state index >= 15 is 0 Å². The van der Waals surface area contributed by atoms with E-state index in [9.17, 15) is 9.59 Å². The van der Waals surface area contributed by atoms with Gasteiger partial charge in [0.05, 0.1) is 5.92 Å². The molecule has 4 nitrogen and oxygen atoms in total. The Morgan fingerprint density at radius 3 is 2.07 bits per heavy atom. The van der Waals surface area contributed by atoms with Crippen molar-refractivity contribution in [1.82, 2.24) is 0 Å². The normalized spacial score (nSPS) is 27.5. The van der Waals surface area contributed by atoms with Gasteiger partial charge in [-0.3, -0.25) is 4.79 Å². The minimum Gasteiger partial charge on any atom is -0.459 e. The Morgan fingerprint density at radius 1 is 0.931 bits per heavy atom. The van der Waals surface area contributed by atoms with E-state index in [2.05, 4.69) is 6.92 Å². The van der Waals surface area contributed by atoms with Gasteiger partial charge in [-0.05, 0) is 94.2 Å². The first-order valence-corrected chi connectivity index (χ1v) is 11.2. The molecule has 3 rings (SSSR count). The van der Waals surface area contributed by atoms with Crippen LogP contribution in [-0.2, 0) is 20.7 Å². The van der Waals surface area contributed by atoms with Crippen molar-refractivity contribution >= 4 is 11.9 Å². The van der Waals surface area contributed by atoms with Crippen LogP contribution in [0.2, 0.25) is 0 Å². The lowest BCUT2D eigenvalue weighted by Crippen LogP contribution is -2.31. The first-order valence-electron chi connectivity index (χ1n) is 11.2. The predicted molar refractivity (Wildman–Crippen MR) is 114 cm³/mol. The summed E-state index contributed by atoms with van der Waals surface area (Å²) in [7, 11) is 0. The average Bonchev–Trinajstić information content (AvgIpc) is 2.75. The SMILES string of the molecule is C/C=C/C(=O)OC1CCC(C2CCC(C(=O)Oc3ccc(CC)cc3)CC2)CC1. The molecule has 2 saturated carbocycles. The molecule has 0 saturated heterocycles. The second kappa shape index (κ2) is 10.6. The van der Waals surface area contributed by atoms with E-state index < -0.39 is 0 Å². The van der Waals surface area contributed by atoms with Crippen LogP contribution in [0.4, 0.5) is 0 Å². The smallest absolute Gasteiger partial charge is 0.330 e. The number of hydrogen-bond donors (Lipinski definition) is 0. The third-order valence-electron chi connectivity index (χ3n) is 6.63. The Morgan fingerprint density at radius 2 is 1.52 bits per heavy atom. The summed E-state index contributed by atoms with van der Waals surface area (Å²) in [5.41, 5.74) is 1.25. The Hall–Kier alpha value is -2.10. The van der Waals surface area contributed by atoms with Crippen LogP contribution in [0.15, 0.2) is 36.4 Å². The molecule has 29 heavy (non-hydrogen) atoms. The first kappa shape index (κ1) is 21.6. The third kappa shape index (κ3) is 6.19. The molecule has 2 aliphatic rings. The number of allylic oxidation sites excluding steroid dienone is 1. The molecule has 158 valence electrons. The molecular formula is C25H34O4. The zero-order chi connectivity index (χ0) is 20.6. The molecule has 0 atom stereocenters. The van der Waals surface area contributed by atoms with E-state index in [1.807, 2.05) is 31.2 Å². The highest BCUT2D eigenvalue weighted by molar-refractivity contribution is 5.81. The summed E-state index contributed by atoms with van der Waals surface area (Å²) < 4.78 is 11.1. The molecular weight excluding hydrogens is 364 g/mol. The number of hydrogen-bond acceptors (Lipinski definition) is 4. The van der Waals surface area contributed by atoms with E-state index in [1.54, 1.807) is 6.08 Å². The van der Waals surface area contributed by atoms with Crippen molar-refractivity contribution in [3.63, 3.8) is 0 Å². The van der Waals surface area contributed by atoms with Crippen LogP contribution in [0.25, 0.3) is 0 Å². The maximum atomic E-state index is 12.5. The summed E-state index contributed by atoms with van der Waals surface area (Å²) in [4.78, 5) is 24.1. The lowest BCUT2D eigenvalue weighted by molar-refractivity contribution is -0.145. The van der Waals surface area contributed by atoms with Crippen molar-refractivity contribution in [2.75, 3.05) is 0 Å². The molecule has 0 unspecified atom stereocenters. The molecule has 2 aliphatic carbocycles. The van der Waals surface area contributed by atoms with E-state index in [1.165, 1.54) is 11.6 Å². The van der Waals surface area contributed by atoms with Crippen molar-refractivity contribution in [3.05, 3.63) is 42.0 Å². The first-order chi connectivity index (χ1) is 14.1. The second-order valence-electron chi connectivity index (χ2n) is 8.50. The summed E-state index contributed by atoms with van der Waals surface area (Å²) in [5, 5.41) is 0. The van der Waals surface area contributed by atoms with Crippen molar-refractivity contribution in [3.8, 4) is 5.75 Å². The molecule has 0 aliphatic heterocycles. The maximum absolute atomic E-state index is 12.5. The Labute approximate surface area is 174 Å². The monoisotopic (exact) mass is 398 g/mol. The average molecular weight is 399 g/mol. The standard InChI is InChI=1S/C25H34O4/c1-3-5-24(26)28-22-16-12-20(13-17-22)19-8-10-21(11-9-19)25(27)29-23-14-6-18(4-2)7-15-23/h3,5-7,14-15,19-22H,4,8-13,16-17H2,1-2H3/b5-3+. The second-order valence-corrected chi connectivity index (χ2v) is 8.50. The number of aryl methyl sites for hydroxylation is 1. The van der Waals surface area contributed by atoms with Gasteiger partial charge >= 0.3 is 11.9 Å². The number of carbonyl (C=O) groups is 2. The zero-order valence-electron chi connectivity index (χ0n) is 17.8. The highest BCUT2D eigenvalue weighted by Gasteiger charge is 2.34. The van der Waals surface area contributed by atoms with E-state index in [-0.39, 0.29) is 24.0 Å². The van der Waals surface area contributed by atoms with Crippen LogP contribution in [-0.4, -0.2) is 18.0 Å². The fraction of sp³-hybridized carbons (Fsp3) is 0.600. The Balaban J connectivity index is 1.40. The third-order valence-corrected chi connectivity index (χ3v) is 6.63. The summed E-state index contributed by atoms with van der Waals surface area (Å²) in [6.45, 7) is 3.94. The van der Waals surface area contributed by atoms with Crippen molar-refractivity contribution in [1.29, 1.82) is 0 Å². The quantitative estimate of drug-likeness (QED) is 0.353.